The second-order valence-corrected chi connectivity index (χ2v) is 8.38. The lowest BCUT2D eigenvalue weighted by molar-refractivity contribution is -0.127. The third kappa shape index (κ3) is 3.08. The molecule has 5 rings (SSSR count). The van der Waals surface area contributed by atoms with Gasteiger partial charge in [0.25, 0.3) is 5.56 Å². The standard InChI is InChI=1S/C22H21N5O2S/c1-15-8-2-4-10-17(15)26-20(29)16-9-3-5-11-18(16)27-21(26)23-24-22(27)30-14-19(28)25-12-6-7-13-25/h2-5,8-11H,6-7,12-14H2,1H3. The first kappa shape index (κ1) is 18.9. The van der Waals surface area contributed by atoms with Crippen molar-refractivity contribution in [3.8, 4) is 5.69 Å². The fourth-order valence-corrected chi connectivity index (χ4v) is 4.83. The van der Waals surface area contributed by atoms with Crippen molar-refractivity contribution in [1.29, 1.82) is 0 Å². The van der Waals surface area contributed by atoms with Gasteiger partial charge in [0.1, 0.15) is 0 Å². The van der Waals surface area contributed by atoms with E-state index in [0.29, 0.717) is 22.1 Å². The van der Waals surface area contributed by atoms with Gasteiger partial charge in [-0.1, -0.05) is 42.1 Å². The Kier molecular flexibility index (Phi) is 4.78. The molecule has 1 amide bonds. The molecule has 0 aliphatic carbocycles. The number of aromatic nitrogens is 4. The monoisotopic (exact) mass is 419 g/mol. The number of hydrogen-bond donors (Lipinski definition) is 0. The van der Waals surface area contributed by atoms with Gasteiger partial charge in [-0.25, -0.2) is 4.57 Å². The minimum absolute atomic E-state index is 0.116. The number of para-hydroxylation sites is 2. The Hall–Kier alpha value is -3.13. The van der Waals surface area contributed by atoms with Crippen LogP contribution in [-0.2, 0) is 4.79 Å². The lowest BCUT2D eigenvalue weighted by Crippen LogP contribution is -2.29. The fourth-order valence-electron chi connectivity index (χ4n) is 3.99. The highest BCUT2D eigenvalue weighted by molar-refractivity contribution is 7.99. The largest absolute Gasteiger partial charge is 0.342 e. The van der Waals surface area contributed by atoms with E-state index in [1.54, 1.807) is 4.57 Å². The highest BCUT2D eigenvalue weighted by Gasteiger charge is 2.21. The number of benzene rings is 2. The summed E-state index contributed by atoms with van der Waals surface area (Å²) in [6.45, 7) is 3.62. The van der Waals surface area contributed by atoms with Crippen molar-refractivity contribution in [2.24, 2.45) is 0 Å². The van der Waals surface area contributed by atoms with Crippen LogP contribution in [0.1, 0.15) is 18.4 Å². The van der Waals surface area contributed by atoms with Crippen LogP contribution in [0.4, 0.5) is 0 Å². The summed E-state index contributed by atoms with van der Waals surface area (Å²) >= 11 is 1.36. The van der Waals surface area contributed by atoms with Gasteiger partial charge < -0.3 is 4.90 Å². The topological polar surface area (TPSA) is 72.5 Å². The van der Waals surface area contributed by atoms with Crippen LogP contribution in [-0.4, -0.2) is 48.8 Å². The van der Waals surface area contributed by atoms with Gasteiger partial charge in [-0.15, -0.1) is 10.2 Å². The number of carbonyl (C=O) groups is 1. The van der Waals surface area contributed by atoms with E-state index in [1.165, 1.54) is 11.8 Å². The number of amides is 1. The predicted octanol–water partition coefficient (Wildman–Crippen LogP) is 3.06. The number of fused-ring (bicyclic) bond motifs is 3. The third-order valence-corrected chi connectivity index (χ3v) is 6.45. The van der Waals surface area contributed by atoms with E-state index >= 15 is 0 Å². The summed E-state index contributed by atoms with van der Waals surface area (Å²) in [5.74, 6) is 0.869. The Morgan fingerprint density at radius 1 is 1.03 bits per heavy atom. The number of nitrogens with zero attached hydrogens (tertiary/aromatic N) is 5. The Labute approximate surface area is 177 Å². The average Bonchev–Trinajstić information content (AvgIpc) is 3.44. The summed E-state index contributed by atoms with van der Waals surface area (Å²) < 4.78 is 3.49. The molecular weight excluding hydrogens is 398 g/mol. The minimum Gasteiger partial charge on any atom is -0.342 e. The maximum Gasteiger partial charge on any atom is 0.267 e. The molecule has 3 heterocycles. The molecule has 1 aliphatic rings. The van der Waals surface area contributed by atoms with Gasteiger partial charge >= 0.3 is 0 Å². The molecule has 0 N–H and O–H groups in total. The number of carbonyl (C=O) groups excluding carboxylic acids is 1. The van der Waals surface area contributed by atoms with Crippen molar-refractivity contribution in [3.63, 3.8) is 0 Å². The van der Waals surface area contributed by atoms with E-state index in [2.05, 4.69) is 10.2 Å². The molecule has 2 aromatic heterocycles. The first-order valence-electron chi connectivity index (χ1n) is 10.0. The van der Waals surface area contributed by atoms with E-state index in [0.717, 1.165) is 42.7 Å². The molecule has 4 aromatic rings. The van der Waals surface area contributed by atoms with Gasteiger partial charge in [-0.2, -0.15) is 0 Å². The number of hydrogen-bond acceptors (Lipinski definition) is 5. The van der Waals surface area contributed by atoms with Crippen molar-refractivity contribution in [1.82, 2.24) is 24.1 Å². The number of rotatable bonds is 4. The molecule has 0 spiro atoms. The van der Waals surface area contributed by atoms with Gasteiger partial charge in [0.2, 0.25) is 11.7 Å². The third-order valence-electron chi connectivity index (χ3n) is 5.53. The maximum atomic E-state index is 13.4. The average molecular weight is 420 g/mol. The quantitative estimate of drug-likeness (QED) is 0.476. The fraction of sp³-hybridized carbons (Fsp3) is 0.273. The number of thioether (sulfide) groups is 1. The second kappa shape index (κ2) is 7.60. The molecule has 0 radical (unpaired) electrons. The number of aryl methyl sites for hydroxylation is 1. The van der Waals surface area contributed by atoms with Gasteiger partial charge in [0.05, 0.1) is 22.3 Å². The summed E-state index contributed by atoms with van der Waals surface area (Å²) in [6, 6.07) is 15.2. The molecule has 1 aliphatic heterocycles. The van der Waals surface area contributed by atoms with Crippen LogP contribution in [0, 0.1) is 6.92 Å². The molecule has 0 unspecified atom stereocenters. The van der Waals surface area contributed by atoms with Crippen LogP contribution < -0.4 is 5.56 Å². The minimum atomic E-state index is -0.135. The smallest absolute Gasteiger partial charge is 0.267 e. The zero-order chi connectivity index (χ0) is 20.7. The van der Waals surface area contributed by atoms with Crippen molar-refractivity contribution in [2.75, 3.05) is 18.8 Å². The summed E-state index contributed by atoms with van der Waals surface area (Å²) in [4.78, 5) is 27.8. The highest BCUT2D eigenvalue weighted by atomic mass is 32.2. The molecule has 0 bridgehead atoms. The zero-order valence-corrected chi connectivity index (χ0v) is 17.4. The molecular formula is C22H21N5O2S. The lowest BCUT2D eigenvalue weighted by atomic mass is 10.2. The van der Waals surface area contributed by atoms with E-state index in [-0.39, 0.29) is 11.5 Å². The predicted molar refractivity (Wildman–Crippen MR) is 117 cm³/mol. The Morgan fingerprint density at radius 3 is 2.57 bits per heavy atom. The van der Waals surface area contributed by atoms with E-state index < -0.39 is 0 Å². The highest BCUT2D eigenvalue weighted by Crippen LogP contribution is 2.24. The van der Waals surface area contributed by atoms with Crippen molar-refractivity contribution < 1.29 is 4.79 Å². The number of likely N-dealkylation sites (tertiary alicyclic amines) is 1. The molecule has 2 aromatic carbocycles. The zero-order valence-electron chi connectivity index (χ0n) is 16.6. The van der Waals surface area contributed by atoms with Gasteiger partial charge in [-0.05, 0) is 43.5 Å². The Bertz CT molecular complexity index is 1320. The van der Waals surface area contributed by atoms with E-state index in [1.807, 2.05) is 64.8 Å². The van der Waals surface area contributed by atoms with E-state index in [9.17, 15) is 9.59 Å². The molecule has 152 valence electrons. The van der Waals surface area contributed by atoms with Gasteiger partial charge in [0.15, 0.2) is 5.16 Å². The summed E-state index contributed by atoms with van der Waals surface area (Å²) in [7, 11) is 0. The first-order chi connectivity index (χ1) is 14.6. The Morgan fingerprint density at radius 2 is 1.77 bits per heavy atom. The van der Waals surface area contributed by atoms with Crippen LogP contribution in [0.2, 0.25) is 0 Å². The molecule has 30 heavy (non-hydrogen) atoms. The molecule has 1 fully saturated rings. The SMILES string of the molecule is Cc1ccccc1-n1c(=O)c2ccccc2n2c(SCC(=O)N3CCCC3)nnc12. The first-order valence-corrected chi connectivity index (χ1v) is 11.0. The van der Waals surface area contributed by atoms with Crippen LogP contribution in [0.5, 0.6) is 0 Å². The van der Waals surface area contributed by atoms with Gasteiger partial charge in [0, 0.05) is 13.1 Å². The molecule has 0 atom stereocenters. The van der Waals surface area contributed by atoms with Crippen LogP contribution in [0.15, 0.2) is 58.5 Å². The normalized spacial score (nSPS) is 14.1. The summed E-state index contributed by atoms with van der Waals surface area (Å²) in [6.07, 6.45) is 2.13. The van der Waals surface area contributed by atoms with E-state index in [4.69, 9.17) is 0 Å². The van der Waals surface area contributed by atoms with Crippen LogP contribution in [0.3, 0.4) is 0 Å². The summed E-state index contributed by atoms with van der Waals surface area (Å²) in [5, 5.41) is 9.89. The van der Waals surface area contributed by atoms with Crippen molar-refractivity contribution in [3.05, 3.63) is 64.4 Å². The molecule has 8 heteroatoms. The Balaban J connectivity index is 1.67. The second-order valence-electron chi connectivity index (χ2n) is 7.44. The summed E-state index contributed by atoms with van der Waals surface area (Å²) in [5.41, 5.74) is 2.35. The van der Waals surface area contributed by atoms with Crippen LogP contribution >= 0.6 is 11.8 Å². The maximum absolute atomic E-state index is 13.4. The van der Waals surface area contributed by atoms with Crippen molar-refractivity contribution >= 4 is 34.3 Å². The van der Waals surface area contributed by atoms with Gasteiger partial charge in [-0.3, -0.25) is 14.0 Å². The lowest BCUT2D eigenvalue weighted by Gasteiger charge is -2.15. The van der Waals surface area contributed by atoms with Crippen molar-refractivity contribution in [2.45, 2.75) is 24.9 Å². The molecule has 7 nitrogen and oxygen atoms in total. The molecule has 1 saturated heterocycles. The van der Waals surface area contributed by atoms with Crippen LogP contribution in [0.25, 0.3) is 22.4 Å². The molecule has 0 saturated carbocycles.